The van der Waals surface area contributed by atoms with Gasteiger partial charge in [-0.15, -0.1) is 0 Å². The number of amides is 2. The van der Waals surface area contributed by atoms with E-state index in [1.807, 2.05) is 6.07 Å². The van der Waals surface area contributed by atoms with Gasteiger partial charge in [0.1, 0.15) is 10.9 Å². The van der Waals surface area contributed by atoms with Gasteiger partial charge in [0, 0.05) is 11.8 Å². The van der Waals surface area contributed by atoms with Crippen LogP contribution in [0.25, 0.3) is 0 Å². The molecule has 108 valence electrons. The Morgan fingerprint density at radius 2 is 2.05 bits per heavy atom. The van der Waals surface area contributed by atoms with Crippen LogP contribution in [0.4, 0.5) is 15.6 Å². The molecule has 1 aromatic carbocycles. The Morgan fingerprint density at radius 1 is 1.29 bits per heavy atom. The van der Waals surface area contributed by atoms with Crippen molar-refractivity contribution in [3.05, 3.63) is 29.3 Å². The van der Waals surface area contributed by atoms with Crippen LogP contribution in [0.5, 0.6) is 11.5 Å². The van der Waals surface area contributed by atoms with Crippen LogP contribution in [-0.4, -0.2) is 25.2 Å². The van der Waals surface area contributed by atoms with E-state index in [0.717, 1.165) is 11.3 Å². The molecule has 0 fully saturated rings. The van der Waals surface area contributed by atoms with Crippen LogP contribution in [-0.2, 0) is 0 Å². The van der Waals surface area contributed by atoms with E-state index < -0.39 is 6.03 Å². The second-order valence-electron chi connectivity index (χ2n) is 3.79. The Labute approximate surface area is 125 Å². The average Bonchev–Trinajstić information content (AvgIpc) is 2.94. The zero-order chi connectivity index (χ0) is 15.2. The summed E-state index contributed by atoms with van der Waals surface area (Å²) >= 11 is 1.10. The molecule has 2 N–H and O–H groups in total. The standard InChI is InChI=1S/C13H12N4O3S/c1-19-10-4-3-8(5-11(10)20-2)16-12(18)17-13-15-7-9(6-14)21-13/h3-5,7H,1-2H3,(H2,15,16,17,18). The summed E-state index contributed by atoms with van der Waals surface area (Å²) in [5.41, 5.74) is 0.544. The lowest BCUT2D eigenvalue weighted by molar-refractivity contribution is 0.262. The molecule has 8 heteroatoms. The SMILES string of the molecule is COc1ccc(NC(=O)Nc2ncc(C#N)s2)cc1OC. The highest BCUT2D eigenvalue weighted by molar-refractivity contribution is 7.16. The average molecular weight is 304 g/mol. The highest BCUT2D eigenvalue weighted by Crippen LogP contribution is 2.29. The number of benzene rings is 1. The summed E-state index contributed by atoms with van der Waals surface area (Å²) in [6.45, 7) is 0. The lowest BCUT2D eigenvalue weighted by Gasteiger charge is -2.10. The predicted octanol–water partition coefficient (Wildman–Crippen LogP) is 2.68. The number of methoxy groups -OCH3 is 2. The summed E-state index contributed by atoms with van der Waals surface area (Å²) in [4.78, 5) is 16.2. The lowest BCUT2D eigenvalue weighted by Crippen LogP contribution is -2.19. The third-order valence-corrected chi connectivity index (χ3v) is 3.30. The van der Waals surface area contributed by atoms with Crippen LogP contribution >= 0.6 is 11.3 Å². The van der Waals surface area contributed by atoms with E-state index in [1.165, 1.54) is 20.4 Å². The van der Waals surface area contributed by atoms with Gasteiger partial charge in [-0.2, -0.15) is 5.26 Å². The highest BCUT2D eigenvalue weighted by Gasteiger charge is 2.09. The second-order valence-corrected chi connectivity index (χ2v) is 4.82. The van der Waals surface area contributed by atoms with Gasteiger partial charge in [0.05, 0.1) is 20.4 Å². The molecule has 0 radical (unpaired) electrons. The highest BCUT2D eigenvalue weighted by atomic mass is 32.1. The van der Waals surface area contributed by atoms with Gasteiger partial charge in [-0.3, -0.25) is 5.32 Å². The molecule has 0 unspecified atom stereocenters. The molecule has 0 bridgehead atoms. The maximum absolute atomic E-state index is 11.8. The summed E-state index contributed by atoms with van der Waals surface area (Å²) in [6.07, 6.45) is 1.40. The monoisotopic (exact) mass is 304 g/mol. The van der Waals surface area contributed by atoms with Crippen molar-refractivity contribution in [3.8, 4) is 17.6 Å². The Hall–Kier alpha value is -2.79. The van der Waals surface area contributed by atoms with Crippen LogP contribution in [0.2, 0.25) is 0 Å². The minimum Gasteiger partial charge on any atom is -0.493 e. The van der Waals surface area contributed by atoms with Crippen LogP contribution in [0.15, 0.2) is 24.4 Å². The molecule has 2 amide bonds. The van der Waals surface area contributed by atoms with Crippen molar-refractivity contribution in [1.82, 2.24) is 4.98 Å². The number of nitrogens with zero attached hydrogens (tertiary/aromatic N) is 2. The van der Waals surface area contributed by atoms with Crippen molar-refractivity contribution in [2.75, 3.05) is 24.9 Å². The summed E-state index contributed by atoms with van der Waals surface area (Å²) in [5.74, 6) is 1.08. The van der Waals surface area contributed by atoms with Crippen molar-refractivity contribution in [2.24, 2.45) is 0 Å². The Kier molecular flexibility index (Phi) is 4.58. The number of ether oxygens (including phenoxy) is 2. The number of carbonyl (C=O) groups is 1. The Morgan fingerprint density at radius 3 is 2.67 bits per heavy atom. The number of aromatic nitrogens is 1. The van der Waals surface area contributed by atoms with E-state index >= 15 is 0 Å². The number of anilines is 2. The van der Waals surface area contributed by atoms with Crippen LogP contribution in [0.1, 0.15) is 4.88 Å². The first kappa shape index (κ1) is 14.6. The summed E-state index contributed by atoms with van der Waals surface area (Å²) < 4.78 is 10.3. The largest absolute Gasteiger partial charge is 0.493 e. The van der Waals surface area contributed by atoms with Gasteiger partial charge in [0.2, 0.25) is 0 Å². The van der Waals surface area contributed by atoms with Gasteiger partial charge in [0.15, 0.2) is 16.6 Å². The van der Waals surface area contributed by atoms with E-state index in [0.29, 0.717) is 27.2 Å². The number of nitriles is 1. The lowest BCUT2D eigenvalue weighted by atomic mass is 10.3. The van der Waals surface area contributed by atoms with Crippen molar-refractivity contribution in [2.45, 2.75) is 0 Å². The van der Waals surface area contributed by atoms with Crippen molar-refractivity contribution < 1.29 is 14.3 Å². The van der Waals surface area contributed by atoms with E-state index in [9.17, 15) is 4.79 Å². The van der Waals surface area contributed by atoms with Crippen LogP contribution in [0, 0.1) is 11.3 Å². The molecule has 1 heterocycles. The summed E-state index contributed by atoms with van der Waals surface area (Å²) in [7, 11) is 3.05. The van der Waals surface area contributed by atoms with Gasteiger partial charge in [-0.25, -0.2) is 9.78 Å². The maximum Gasteiger partial charge on any atom is 0.325 e. The molecule has 0 atom stereocenters. The molecule has 0 saturated heterocycles. The molecule has 0 spiro atoms. The molecule has 0 aliphatic carbocycles. The fourth-order valence-corrected chi connectivity index (χ4v) is 2.17. The molecule has 2 aromatic rings. The van der Waals surface area contributed by atoms with E-state index in [-0.39, 0.29) is 0 Å². The first-order chi connectivity index (χ1) is 10.2. The molecule has 1 aromatic heterocycles. The van der Waals surface area contributed by atoms with E-state index in [2.05, 4.69) is 15.6 Å². The number of hydrogen-bond acceptors (Lipinski definition) is 6. The number of rotatable bonds is 4. The summed E-state index contributed by atoms with van der Waals surface area (Å²) in [6, 6.07) is 6.50. The van der Waals surface area contributed by atoms with Crippen molar-refractivity contribution in [1.29, 1.82) is 5.26 Å². The number of thiazole rings is 1. The van der Waals surface area contributed by atoms with Gasteiger partial charge in [-0.05, 0) is 12.1 Å². The number of hydrogen-bond donors (Lipinski definition) is 2. The second kappa shape index (κ2) is 6.58. The number of nitrogens with one attached hydrogen (secondary N) is 2. The van der Waals surface area contributed by atoms with Crippen LogP contribution < -0.4 is 20.1 Å². The normalized spacial score (nSPS) is 9.57. The molecule has 21 heavy (non-hydrogen) atoms. The van der Waals surface area contributed by atoms with Crippen molar-refractivity contribution >= 4 is 28.2 Å². The van der Waals surface area contributed by atoms with E-state index in [1.54, 1.807) is 18.2 Å². The minimum atomic E-state index is -0.457. The molecule has 2 rings (SSSR count). The molecule has 0 saturated carbocycles. The first-order valence-corrected chi connectivity index (χ1v) is 6.64. The molecular weight excluding hydrogens is 292 g/mol. The molecule has 0 aliphatic rings. The zero-order valence-electron chi connectivity index (χ0n) is 11.3. The number of urea groups is 1. The third-order valence-electron chi connectivity index (χ3n) is 2.48. The van der Waals surface area contributed by atoms with Crippen molar-refractivity contribution in [3.63, 3.8) is 0 Å². The van der Waals surface area contributed by atoms with Gasteiger partial charge in [0.25, 0.3) is 0 Å². The predicted molar refractivity (Wildman–Crippen MR) is 79.0 cm³/mol. The maximum atomic E-state index is 11.8. The van der Waals surface area contributed by atoms with Gasteiger partial charge < -0.3 is 14.8 Å². The molecular formula is C13H12N4O3S. The summed E-state index contributed by atoms with van der Waals surface area (Å²) in [5, 5.41) is 14.2. The van der Waals surface area contributed by atoms with Gasteiger partial charge in [-0.1, -0.05) is 11.3 Å². The third kappa shape index (κ3) is 3.61. The Balaban J connectivity index is 2.04. The van der Waals surface area contributed by atoms with Gasteiger partial charge >= 0.3 is 6.03 Å². The minimum absolute atomic E-state index is 0.351. The smallest absolute Gasteiger partial charge is 0.325 e. The quantitative estimate of drug-likeness (QED) is 0.905. The number of carbonyl (C=O) groups excluding carboxylic acids is 1. The molecule has 7 nitrogen and oxygen atoms in total. The fraction of sp³-hybridized carbons (Fsp3) is 0.154. The first-order valence-electron chi connectivity index (χ1n) is 5.82. The fourth-order valence-electron chi connectivity index (χ4n) is 1.56. The van der Waals surface area contributed by atoms with Crippen LogP contribution in [0.3, 0.4) is 0 Å². The zero-order valence-corrected chi connectivity index (χ0v) is 12.2. The van der Waals surface area contributed by atoms with E-state index in [4.69, 9.17) is 14.7 Å². The topological polar surface area (TPSA) is 96.3 Å². The molecule has 0 aliphatic heterocycles. The Bertz CT molecular complexity index is 693.